The molecule has 5 fully saturated rings. The number of Topliss-reactive ketones (excluding diaryl/α,β-unsaturated/α-hetero) is 1. The zero-order chi connectivity index (χ0) is 37.9. The lowest BCUT2D eigenvalue weighted by molar-refractivity contribution is -0.252. The van der Waals surface area contributed by atoms with Crippen LogP contribution in [0.4, 0.5) is 5.82 Å². The van der Waals surface area contributed by atoms with E-state index in [1.165, 1.54) is 0 Å². The summed E-state index contributed by atoms with van der Waals surface area (Å²) < 4.78 is 8.38. The van der Waals surface area contributed by atoms with Crippen LogP contribution in [-0.4, -0.2) is 127 Å². The molecule has 0 spiro atoms. The van der Waals surface area contributed by atoms with Crippen molar-refractivity contribution < 1.29 is 29.3 Å². The van der Waals surface area contributed by atoms with E-state index in [1.807, 2.05) is 42.1 Å². The zero-order valence-corrected chi connectivity index (χ0v) is 31.9. The van der Waals surface area contributed by atoms with E-state index >= 15 is 0 Å². The molecule has 2 aromatic rings. The van der Waals surface area contributed by atoms with Gasteiger partial charge in [-0.25, -0.2) is 15.0 Å². The fraction of sp³-hybridized carbons (Fsp3) is 0.744. The summed E-state index contributed by atoms with van der Waals surface area (Å²) in [5.41, 5.74) is 4.22. The van der Waals surface area contributed by atoms with Gasteiger partial charge in [0.25, 0.3) is 0 Å². The molecule has 9 unspecified atom stereocenters. The van der Waals surface area contributed by atoms with Gasteiger partial charge in [-0.3, -0.25) is 19.3 Å². The van der Waals surface area contributed by atoms with Crippen LogP contribution < -0.4 is 10.6 Å². The highest BCUT2D eigenvalue weighted by molar-refractivity contribution is 5.86. The number of ether oxygens (including phenoxy) is 1. The number of aromatic nitrogens is 4. The fourth-order valence-electron chi connectivity index (χ4n) is 10.9. The number of carbonyl (C=O) groups excluding carboxylic acids is 3. The van der Waals surface area contributed by atoms with Gasteiger partial charge in [0.1, 0.15) is 17.7 Å². The Morgan fingerprint density at radius 3 is 2.53 bits per heavy atom. The molecule has 1 amide bonds. The van der Waals surface area contributed by atoms with Gasteiger partial charge in [-0.1, -0.05) is 26.8 Å². The standard InChI is InChI=1S/C39H58N8O6/c1-6-36(3)20-28(49)38(5)32-27(48)9-11-39(32,25(2)33(36)52)13-12-37(38,4)53-30(51)22-44-16-18-45(19-17-44)29(50)8-7-14-47-24-43-31-34(41-23-42-35(31)47)46-15-10-26(40)21-46/h6,23-26,28,32-33,49,52H,1,7-22,40H2,2-5H3. The number of amides is 1. The molecule has 5 aliphatic rings. The number of rotatable bonds is 9. The third-order valence-electron chi connectivity index (χ3n) is 14.5. The second-order valence-electron chi connectivity index (χ2n) is 17.3. The lowest BCUT2D eigenvalue weighted by Crippen LogP contribution is -2.69. The van der Waals surface area contributed by atoms with Crippen LogP contribution in [-0.2, 0) is 25.7 Å². The van der Waals surface area contributed by atoms with Crippen molar-refractivity contribution >= 4 is 34.6 Å². The molecule has 3 saturated carbocycles. The number of fused-ring (bicyclic) bond motifs is 1. The van der Waals surface area contributed by atoms with E-state index in [9.17, 15) is 24.6 Å². The van der Waals surface area contributed by atoms with Gasteiger partial charge in [0.2, 0.25) is 5.91 Å². The number of nitrogens with two attached hydrogens (primary N) is 1. The first-order valence-electron chi connectivity index (χ1n) is 19.6. The highest BCUT2D eigenvalue weighted by Crippen LogP contribution is 2.69. The summed E-state index contributed by atoms with van der Waals surface area (Å²) in [6, 6.07) is 0.130. The monoisotopic (exact) mass is 734 g/mol. The number of esters is 1. The first kappa shape index (κ1) is 37.8. The molecule has 2 bridgehead atoms. The molecule has 4 heterocycles. The van der Waals surface area contributed by atoms with Gasteiger partial charge in [0.15, 0.2) is 17.0 Å². The minimum absolute atomic E-state index is 0.0634. The molecule has 4 N–H and O–H groups in total. The summed E-state index contributed by atoms with van der Waals surface area (Å²) in [4.78, 5) is 60.2. The number of aryl methyl sites for hydroxylation is 1. The maximum atomic E-state index is 13.7. The van der Waals surface area contributed by atoms with Crippen LogP contribution >= 0.6 is 0 Å². The number of piperazine rings is 1. The maximum Gasteiger partial charge on any atom is 0.320 e. The summed E-state index contributed by atoms with van der Waals surface area (Å²) in [7, 11) is 0. The van der Waals surface area contributed by atoms with E-state index in [4.69, 9.17) is 10.5 Å². The number of carbonyl (C=O) groups is 3. The molecule has 9 atom stereocenters. The number of imidazole rings is 1. The predicted octanol–water partition coefficient (Wildman–Crippen LogP) is 2.31. The van der Waals surface area contributed by atoms with Crippen molar-refractivity contribution in [3.8, 4) is 0 Å². The number of aliphatic hydroxyl groups excluding tert-OH is 2. The summed E-state index contributed by atoms with van der Waals surface area (Å²) >= 11 is 0. The number of hydrogen-bond donors (Lipinski definition) is 3. The van der Waals surface area contributed by atoms with Crippen molar-refractivity contribution in [3.63, 3.8) is 0 Å². The average Bonchev–Trinajstić information content (AvgIpc) is 3.86. The Bertz CT molecular complexity index is 1740. The van der Waals surface area contributed by atoms with Crippen LogP contribution in [0.1, 0.15) is 79.1 Å². The van der Waals surface area contributed by atoms with Crippen LogP contribution in [0, 0.1) is 28.1 Å². The molecule has 290 valence electrons. The molecule has 14 nitrogen and oxygen atoms in total. The second kappa shape index (κ2) is 14.0. The van der Waals surface area contributed by atoms with E-state index in [2.05, 4.69) is 26.4 Å². The SMILES string of the molecule is C=CC1(C)CC(O)C2(C)C3C(=O)CCC3(CCC2(C)OC(=O)CN2CCN(C(=O)CCCn3cnc4c(N5CCC(N)C5)ncnc43)CC2)C(C)C1O. The molecular weight excluding hydrogens is 676 g/mol. The Kier molecular flexibility index (Phi) is 9.99. The van der Waals surface area contributed by atoms with Crippen LogP contribution in [0.15, 0.2) is 25.3 Å². The number of hydrogen-bond acceptors (Lipinski definition) is 12. The van der Waals surface area contributed by atoms with E-state index in [0.29, 0.717) is 71.2 Å². The topological polar surface area (TPSA) is 180 Å². The third-order valence-corrected chi connectivity index (χ3v) is 14.5. The van der Waals surface area contributed by atoms with Crippen LogP contribution in [0.2, 0.25) is 0 Å². The summed E-state index contributed by atoms with van der Waals surface area (Å²) in [6.07, 6.45) is 7.63. The Morgan fingerprint density at radius 2 is 1.83 bits per heavy atom. The Balaban J connectivity index is 0.938. The summed E-state index contributed by atoms with van der Waals surface area (Å²) in [5.74, 6) is -0.155. The van der Waals surface area contributed by atoms with Crippen molar-refractivity contribution in [2.24, 2.45) is 33.8 Å². The van der Waals surface area contributed by atoms with Gasteiger partial charge in [0, 0.05) is 81.4 Å². The predicted molar refractivity (Wildman–Crippen MR) is 198 cm³/mol. The van der Waals surface area contributed by atoms with Gasteiger partial charge >= 0.3 is 5.97 Å². The van der Waals surface area contributed by atoms with Crippen LogP contribution in [0.5, 0.6) is 0 Å². The molecule has 7 rings (SSSR count). The van der Waals surface area contributed by atoms with E-state index < -0.39 is 45.9 Å². The maximum absolute atomic E-state index is 13.7. The third kappa shape index (κ3) is 6.27. The van der Waals surface area contributed by atoms with Crippen molar-refractivity contribution in [1.82, 2.24) is 29.3 Å². The molecule has 53 heavy (non-hydrogen) atoms. The first-order chi connectivity index (χ1) is 25.2. The number of ketones is 1. The summed E-state index contributed by atoms with van der Waals surface area (Å²) in [6.45, 7) is 16.2. The highest BCUT2D eigenvalue weighted by atomic mass is 16.6. The largest absolute Gasteiger partial charge is 0.458 e. The quantitative estimate of drug-likeness (QED) is 0.253. The number of aliphatic hydroxyl groups is 2. The minimum Gasteiger partial charge on any atom is -0.458 e. The number of anilines is 1. The Hall–Kier alpha value is -3.46. The molecule has 0 aromatic carbocycles. The lowest BCUT2D eigenvalue weighted by atomic mass is 9.42. The zero-order valence-electron chi connectivity index (χ0n) is 31.9. The smallest absolute Gasteiger partial charge is 0.320 e. The average molecular weight is 735 g/mol. The first-order valence-corrected chi connectivity index (χ1v) is 19.6. The number of nitrogens with zero attached hydrogens (tertiary/aromatic N) is 7. The highest BCUT2D eigenvalue weighted by Gasteiger charge is 2.72. The normalized spacial score (nSPS) is 37.7. The van der Waals surface area contributed by atoms with Gasteiger partial charge in [-0.05, 0) is 56.8 Å². The Morgan fingerprint density at radius 1 is 1.08 bits per heavy atom. The molecule has 14 heteroatoms. The molecular formula is C39H58N8O6. The van der Waals surface area contributed by atoms with Crippen LogP contribution in [0.25, 0.3) is 11.2 Å². The van der Waals surface area contributed by atoms with Crippen LogP contribution in [0.3, 0.4) is 0 Å². The molecule has 3 aliphatic carbocycles. The van der Waals surface area contributed by atoms with Crippen molar-refractivity contribution in [1.29, 1.82) is 0 Å². The van der Waals surface area contributed by atoms with E-state index in [1.54, 1.807) is 18.7 Å². The second-order valence-corrected chi connectivity index (χ2v) is 17.3. The van der Waals surface area contributed by atoms with Gasteiger partial charge in [0.05, 0.1) is 25.1 Å². The van der Waals surface area contributed by atoms with Crippen molar-refractivity contribution in [3.05, 3.63) is 25.3 Å². The van der Waals surface area contributed by atoms with Gasteiger partial charge in [-0.2, -0.15) is 0 Å². The van der Waals surface area contributed by atoms with E-state index in [-0.39, 0.29) is 36.6 Å². The van der Waals surface area contributed by atoms with Crippen molar-refractivity contribution in [2.45, 2.75) is 109 Å². The lowest BCUT2D eigenvalue weighted by Gasteiger charge is -2.64. The van der Waals surface area contributed by atoms with Gasteiger partial charge < -0.3 is 35.1 Å². The summed E-state index contributed by atoms with van der Waals surface area (Å²) in [5, 5.41) is 23.6. The molecule has 2 aliphatic heterocycles. The van der Waals surface area contributed by atoms with E-state index in [0.717, 1.165) is 36.5 Å². The molecule has 0 radical (unpaired) electrons. The molecule has 2 saturated heterocycles. The van der Waals surface area contributed by atoms with Crippen molar-refractivity contribution in [2.75, 3.05) is 50.7 Å². The Labute approximate surface area is 312 Å². The van der Waals surface area contributed by atoms with Gasteiger partial charge in [-0.15, -0.1) is 6.58 Å². The minimum atomic E-state index is -1.09. The fourth-order valence-corrected chi connectivity index (χ4v) is 10.9. The molecule has 2 aromatic heterocycles.